The summed E-state index contributed by atoms with van der Waals surface area (Å²) in [6.07, 6.45) is 7.80. The van der Waals surface area contributed by atoms with Crippen molar-refractivity contribution in [1.82, 2.24) is 9.29 Å². The van der Waals surface area contributed by atoms with Crippen LogP contribution in [0.4, 0.5) is 0 Å². The normalized spacial score (nSPS) is 18.1. The Labute approximate surface area is 120 Å². The Morgan fingerprint density at radius 1 is 1.25 bits per heavy atom. The third kappa shape index (κ3) is 3.37. The van der Waals surface area contributed by atoms with E-state index in [0.717, 1.165) is 25.7 Å². The van der Waals surface area contributed by atoms with Gasteiger partial charge in [0.2, 0.25) is 0 Å². The molecule has 0 aliphatic heterocycles. The zero-order valence-electron chi connectivity index (χ0n) is 11.8. The van der Waals surface area contributed by atoms with Crippen LogP contribution < -0.4 is 0 Å². The maximum atomic E-state index is 12.5. The zero-order valence-corrected chi connectivity index (χ0v) is 12.6. The van der Waals surface area contributed by atoms with E-state index in [-0.39, 0.29) is 17.7 Å². The van der Waals surface area contributed by atoms with E-state index < -0.39 is 10.0 Å². The van der Waals surface area contributed by atoms with E-state index in [1.807, 2.05) is 0 Å². The van der Waals surface area contributed by atoms with Crippen LogP contribution in [0.2, 0.25) is 0 Å². The molecule has 0 unspecified atom stereocenters. The van der Waals surface area contributed by atoms with Gasteiger partial charge in [-0.15, -0.1) is 0 Å². The average molecular weight is 298 g/mol. The van der Waals surface area contributed by atoms with Crippen LogP contribution in [0.5, 0.6) is 0 Å². The van der Waals surface area contributed by atoms with Crippen LogP contribution in [0.1, 0.15) is 44.1 Å². The number of nitrogens with zero attached hydrogens (tertiary/aromatic N) is 2. The van der Waals surface area contributed by atoms with Crippen LogP contribution in [0.25, 0.3) is 0 Å². The fourth-order valence-corrected chi connectivity index (χ4v) is 3.95. The lowest BCUT2D eigenvalue weighted by atomic mass is 10.1. The summed E-state index contributed by atoms with van der Waals surface area (Å²) < 4.78 is 26.6. The Balaban J connectivity index is 2.18. The summed E-state index contributed by atoms with van der Waals surface area (Å²) >= 11 is 0. The summed E-state index contributed by atoms with van der Waals surface area (Å²) in [6.45, 7) is -0.133. The summed E-state index contributed by atoms with van der Waals surface area (Å²) in [5, 5.41) is 9.03. The van der Waals surface area contributed by atoms with Crippen molar-refractivity contribution in [2.75, 3.05) is 7.05 Å². The van der Waals surface area contributed by atoms with E-state index in [0.29, 0.717) is 5.56 Å². The number of hydrogen-bond donors (Lipinski definition) is 1. The maximum absolute atomic E-state index is 12.5. The smallest absolute Gasteiger partial charge is 0.260 e. The average Bonchev–Trinajstić information content (AvgIpc) is 2.75. The van der Waals surface area contributed by atoms with Gasteiger partial charge in [0, 0.05) is 19.3 Å². The highest BCUT2D eigenvalue weighted by Crippen LogP contribution is 2.25. The van der Waals surface area contributed by atoms with Crippen molar-refractivity contribution in [2.45, 2.75) is 56.2 Å². The van der Waals surface area contributed by atoms with Crippen LogP contribution in [-0.4, -0.2) is 35.9 Å². The first kappa shape index (κ1) is 15.4. The second-order valence-corrected chi connectivity index (χ2v) is 7.27. The molecule has 0 bridgehead atoms. The predicted molar refractivity (Wildman–Crippen MR) is 76.6 cm³/mol. The first-order chi connectivity index (χ1) is 9.55. The van der Waals surface area contributed by atoms with Crippen molar-refractivity contribution in [2.24, 2.45) is 0 Å². The van der Waals surface area contributed by atoms with Gasteiger partial charge in [-0.3, -0.25) is 0 Å². The van der Waals surface area contributed by atoms with Crippen molar-refractivity contribution < 1.29 is 13.5 Å². The van der Waals surface area contributed by atoms with Crippen molar-refractivity contribution >= 4 is 10.0 Å². The Morgan fingerprint density at radius 3 is 2.40 bits per heavy atom. The van der Waals surface area contributed by atoms with Crippen LogP contribution in [0.3, 0.4) is 0 Å². The lowest BCUT2D eigenvalue weighted by molar-refractivity contribution is 0.281. The van der Waals surface area contributed by atoms with E-state index in [9.17, 15) is 8.42 Å². The fraction of sp³-hybridized carbons (Fsp3) is 0.643. The molecule has 1 aromatic heterocycles. The number of pyridine rings is 1. The highest BCUT2D eigenvalue weighted by Gasteiger charge is 2.29. The Hall–Kier alpha value is -0.980. The topological polar surface area (TPSA) is 70.5 Å². The highest BCUT2D eigenvalue weighted by atomic mass is 32.2. The van der Waals surface area contributed by atoms with Gasteiger partial charge in [-0.05, 0) is 24.5 Å². The summed E-state index contributed by atoms with van der Waals surface area (Å²) in [5.41, 5.74) is 0.612. The highest BCUT2D eigenvalue weighted by molar-refractivity contribution is 7.89. The molecular formula is C14H22N2O3S. The first-order valence-electron chi connectivity index (χ1n) is 7.09. The van der Waals surface area contributed by atoms with Gasteiger partial charge in [-0.2, -0.15) is 4.31 Å². The molecule has 1 aliphatic carbocycles. The van der Waals surface area contributed by atoms with Gasteiger partial charge < -0.3 is 5.11 Å². The largest absolute Gasteiger partial charge is 0.392 e. The quantitative estimate of drug-likeness (QED) is 0.862. The summed E-state index contributed by atoms with van der Waals surface area (Å²) in [5.74, 6) is 0. The van der Waals surface area contributed by atoms with Gasteiger partial charge in [0.15, 0.2) is 5.03 Å². The number of rotatable bonds is 4. The molecular weight excluding hydrogens is 276 g/mol. The minimum atomic E-state index is -3.54. The maximum Gasteiger partial charge on any atom is 0.260 e. The monoisotopic (exact) mass is 298 g/mol. The van der Waals surface area contributed by atoms with E-state index in [2.05, 4.69) is 4.98 Å². The number of aliphatic hydroxyl groups is 1. The second-order valence-electron chi connectivity index (χ2n) is 5.33. The van der Waals surface area contributed by atoms with Gasteiger partial charge in [-0.25, -0.2) is 13.4 Å². The van der Waals surface area contributed by atoms with Gasteiger partial charge in [0.25, 0.3) is 10.0 Å². The van der Waals surface area contributed by atoms with E-state index in [4.69, 9.17) is 5.11 Å². The molecule has 2 rings (SSSR count). The lowest BCUT2D eigenvalue weighted by Crippen LogP contribution is -2.37. The van der Waals surface area contributed by atoms with E-state index >= 15 is 0 Å². The summed E-state index contributed by atoms with van der Waals surface area (Å²) in [6, 6.07) is 3.14. The lowest BCUT2D eigenvalue weighted by Gasteiger charge is -2.26. The fourth-order valence-electron chi connectivity index (χ4n) is 2.62. The summed E-state index contributed by atoms with van der Waals surface area (Å²) in [4.78, 5) is 3.97. The Bertz CT molecular complexity index is 520. The zero-order chi connectivity index (χ0) is 14.6. The predicted octanol–water partition coefficient (Wildman–Crippen LogP) is 1.92. The molecule has 0 spiro atoms. The van der Waals surface area contributed by atoms with Crippen LogP contribution in [0.15, 0.2) is 23.4 Å². The minimum absolute atomic E-state index is 0.0569. The van der Waals surface area contributed by atoms with Crippen molar-refractivity contribution in [3.8, 4) is 0 Å². The number of sulfonamides is 1. The minimum Gasteiger partial charge on any atom is -0.392 e. The molecule has 0 radical (unpaired) electrons. The molecule has 0 amide bonds. The van der Waals surface area contributed by atoms with E-state index in [1.165, 1.54) is 29.4 Å². The van der Waals surface area contributed by atoms with Crippen molar-refractivity contribution in [1.29, 1.82) is 0 Å². The molecule has 6 heteroatoms. The standard InChI is InChI=1S/C14H22N2O3S/c1-16(13-6-4-2-3-5-7-13)20(18,19)14-9-8-12(11-17)10-15-14/h8-10,13,17H,2-7,11H2,1H3. The molecule has 112 valence electrons. The molecule has 20 heavy (non-hydrogen) atoms. The third-order valence-corrected chi connectivity index (χ3v) is 5.79. The molecule has 0 aromatic carbocycles. The SMILES string of the molecule is CN(C1CCCCCC1)S(=O)(=O)c1ccc(CO)cn1. The third-order valence-electron chi connectivity index (χ3n) is 3.96. The van der Waals surface area contributed by atoms with Crippen LogP contribution in [0, 0.1) is 0 Å². The Kier molecular flexibility index (Phi) is 5.12. The molecule has 1 heterocycles. The second kappa shape index (κ2) is 6.65. The molecule has 5 nitrogen and oxygen atoms in total. The van der Waals surface area contributed by atoms with Gasteiger partial charge in [0.05, 0.1) is 6.61 Å². The number of aliphatic hydroxyl groups excluding tert-OH is 1. The number of hydrogen-bond acceptors (Lipinski definition) is 4. The van der Waals surface area contributed by atoms with Crippen LogP contribution >= 0.6 is 0 Å². The molecule has 1 fully saturated rings. The van der Waals surface area contributed by atoms with Gasteiger partial charge >= 0.3 is 0 Å². The molecule has 1 aliphatic rings. The van der Waals surface area contributed by atoms with Gasteiger partial charge in [-0.1, -0.05) is 31.7 Å². The van der Waals surface area contributed by atoms with E-state index in [1.54, 1.807) is 13.1 Å². The molecule has 1 N–H and O–H groups in total. The molecule has 0 saturated heterocycles. The number of aromatic nitrogens is 1. The van der Waals surface area contributed by atoms with Crippen molar-refractivity contribution in [3.05, 3.63) is 23.9 Å². The van der Waals surface area contributed by atoms with Gasteiger partial charge in [0.1, 0.15) is 0 Å². The first-order valence-corrected chi connectivity index (χ1v) is 8.53. The molecule has 0 atom stereocenters. The van der Waals surface area contributed by atoms with Crippen LogP contribution in [-0.2, 0) is 16.6 Å². The molecule has 1 aromatic rings. The Morgan fingerprint density at radius 2 is 1.90 bits per heavy atom. The molecule has 1 saturated carbocycles. The summed E-state index contributed by atoms with van der Waals surface area (Å²) in [7, 11) is -1.89. The van der Waals surface area contributed by atoms with Crippen molar-refractivity contribution in [3.63, 3.8) is 0 Å².